The maximum atomic E-state index is 14.0. The summed E-state index contributed by atoms with van der Waals surface area (Å²) in [5, 5.41) is 3.12. The molecule has 4 nitrogen and oxygen atoms in total. The Labute approximate surface area is 126 Å². The van der Waals surface area contributed by atoms with Crippen molar-refractivity contribution in [3.63, 3.8) is 0 Å². The topological polar surface area (TPSA) is 51.2 Å². The molecule has 2 rings (SSSR count). The van der Waals surface area contributed by atoms with Crippen molar-refractivity contribution in [2.45, 2.75) is 5.44 Å². The average Bonchev–Trinajstić information content (AvgIpc) is 2.51. The number of nitrogens with one attached hydrogen (secondary N) is 1. The lowest BCUT2D eigenvalue weighted by Crippen LogP contribution is -2.33. The summed E-state index contributed by atoms with van der Waals surface area (Å²) in [4.78, 5) is 15.7. The van der Waals surface area contributed by atoms with E-state index >= 15 is 0 Å². The molecule has 0 radical (unpaired) electrons. The third-order valence-electron chi connectivity index (χ3n) is 2.81. The Kier molecular flexibility index (Phi) is 4.66. The summed E-state index contributed by atoms with van der Waals surface area (Å²) >= 11 is 1.17. The number of hydrogen-bond donors (Lipinski definition) is 1. The van der Waals surface area contributed by atoms with Gasteiger partial charge in [-0.2, -0.15) is 0 Å². The van der Waals surface area contributed by atoms with Crippen LogP contribution in [0.15, 0.2) is 24.4 Å². The number of carbonyl (C=O) groups excluding carboxylic acids is 1. The Balaban J connectivity index is 2.41. The number of likely N-dealkylation sites (N-methyl/N-ethyl adjacent to an activating group) is 1. The molecule has 0 fully saturated rings. The lowest BCUT2D eigenvalue weighted by atomic mass is 10.1. The average molecular weight is 304 g/mol. The minimum Gasteiger partial charge on any atom is -0.467 e. The standard InChI is InChI=1S/C15H13FN2O2S/c1-4-9-5-10-6-13(11(16)7-12(10)18-8-9)20-15(21-3)14(19)17-2/h1,5-8,15H,2-3H3,(H,17,19). The van der Waals surface area contributed by atoms with Gasteiger partial charge in [0.1, 0.15) is 0 Å². The molecule has 6 heteroatoms. The molecule has 21 heavy (non-hydrogen) atoms. The van der Waals surface area contributed by atoms with E-state index in [9.17, 15) is 9.18 Å². The first-order chi connectivity index (χ1) is 10.1. The number of pyridine rings is 1. The van der Waals surface area contributed by atoms with Crippen LogP contribution in [-0.4, -0.2) is 29.6 Å². The van der Waals surface area contributed by atoms with Gasteiger partial charge in [0.05, 0.1) is 5.52 Å². The fourth-order valence-electron chi connectivity index (χ4n) is 1.74. The van der Waals surface area contributed by atoms with Crippen molar-refractivity contribution >= 4 is 28.6 Å². The van der Waals surface area contributed by atoms with Crippen molar-refractivity contribution in [3.8, 4) is 18.1 Å². The van der Waals surface area contributed by atoms with Gasteiger partial charge < -0.3 is 10.1 Å². The Morgan fingerprint density at radius 1 is 1.52 bits per heavy atom. The summed E-state index contributed by atoms with van der Waals surface area (Å²) in [6.45, 7) is 0. The Hall–Kier alpha value is -2.26. The third kappa shape index (κ3) is 3.26. The van der Waals surface area contributed by atoms with E-state index in [-0.39, 0.29) is 11.7 Å². The van der Waals surface area contributed by atoms with Crippen LogP contribution in [0.5, 0.6) is 5.75 Å². The molecule has 108 valence electrons. The molecule has 0 saturated carbocycles. The number of halogens is 1. The fraction of sp³-hybridized carbons (Fsp3) is 0.200. The van der Waals surface area contributed by atoms with E-state index in [0.717, 1.165) is 0 Å². The fourth-order valence-corrected chi connectivity index (χ4v) is 2.27. The van der Waals surface area contributed by atoms with Crippen LogP contribution in [0.3, 0.4) is 0 Å². The zero-order chi connectivity index (χ0) is 15.4. The van der Waals surface area contributed by atoms with Crippen LogP contribution < -0.4 is 10.1 Å². The number of benzene rings is 1. The van der Waals surface area contributed by atoms with Crippen molar-refractivity contribution in [1.29, 1.82) is 0 Å². The summed E-state index contributed by atoms with van der Waals surface area (Å²) < 4.78 is 19.4. The largest absolute Gasteiger partial charge is 0.467 e. The van der Waals surface area contributed by atoms with E-state index in [1.165, 1.54) is 37.1 Å². The zero-order valence-corrected chi connectivity index (χ0v) is 12.3. The number of carbonyl (C=O) groups is 1. The number of thioether (sulfide) groups is 1. The molecule has 1 aromatic heterocycles. The van der Waals surface area contributed by atoms with Crippen molar-refractivity contribution in [2.24, 2.45) is 0 Å². The second kappa shape index (κ2) is 6.46. The molecule has 0 aliphatic heterocycles. The molecule has 1 heterocycles. The first-order valence-corrected chi connectivity index (χ1v) is 7.34. The SMILES string of the molecule is C#Cc1cnc2cc(F)c(OC(SC)C(=O)NC)cc2c1. The normalized spacial score (nSPS) is 11.7. The molecule has 1 amide bonds. The third-order valence-corrected chi connectivity index (χ3v) is 3.55. The smallest absolute Gasteiger partial charge is 0.271 e. The second-order valence-corrected chi connectivity index (χ2v) is 5.04. The molecule has 1 aromatic carbocycles. The molecule has 0 aliphatic rings. The second-order valence-electron chi connectivity index (χ2n) is 4.14. The van der Waals surface area contributed by atoms with Gasteiger partial charge in [-0.15, -0.1) is 18.2 Å². The summed E-state index contributed by atoms with van der Waals surface area (Å²) in [5.74, 6) is 1.54. The van der Waals surface area contributed by atoms with Crippen LogP contribution >= 0.6 is 11.8 Å². The molecule has 1 atom stereocenters. The van der Waals surface area contributed by atoms with Crippen LogP contribution in [0.2, 0.25) is 0 Å². The van der Waals surface area contributed by atoms with E-state index in [1.54, 1.807) is 12.3 Å². The van der Waals surface area contributed by atoms with Crippen LogP contribution in [0, 0.1) is 18.2 Å². The predicted octanol–water partition coefficient (Wildman–Crippen LogP) is 2.17. The molecule has 0 aliphatic carbocycles. The molecule has 1 N–H and O–H groups in total. The highest BCUT2D eigenvalue weighted by Crippen LogP contribution is 2.26. The van der Waals surface area contributed by atoms with Gasteiger partial charge in [0.2, 0.25) is 5.44 Å². The molecule has 1 unspecified atom stereocenters. The van der Waals surface area contributed by atoms with E-state index in [0.29, 0.717) is 16.5 Å². The number of rotatable bonds is 4. The molecule has 2 aromatic rings. The van der Waals surface area contributed by atoms with Crippen LogP contribution in [0.25, 0.3) is 10.9 Å². The lowest BCUT2D eigenvalue weighted by Gasteiger charge is -2.16. The van der Waals surface area contributed by atoms with Gasteiger partial charge in [0, 0.05) is 30.3 Å². The summed E-state index contributed by atoms with van der Waals surface area (Å²) in [5.41, 5.74) is 0.234. The molecule has 0 saturated heterocycles. The minimum absolute atomic E-state index is 0.0126. The van der Waals surface area contributed by atoms with Gasteiger partial charge in [-0.25, -0.2) is 4.39 Å². The summed E-state index contributed by atoms with van der Waals surface area (Å²) in [7, 11) is 1.49. The number of terminal acetylenes is 1. The molecule has 0 spiro atoms. The van der Waals surface area contributed by atoms with Crippen LogP contribution in [0.4, 0.5) is 4.39 Å². The molecular weight excluding hydrogens is 291 g/mol. The number of fused-ring (bicyclic) bond motifs is 1. The van der Waals surface area contributed by atoms with Gasteiger partial charge in [-0.3, -0.25) is 9.78 Å². The Morgan fingerprint density at radius 3 is 2.90 bits per heavy atom. The highest BCUT2D eigenvalue weighted by atomic mass is 32.2. The first-order valence-electron chi connectivity index (χ1n) is 6.06. The number of nitrogens with zero attached hydrogens (tertiary/aromatic N) is 1. The Morgan fingerprint density at radius 2 is 2.29 bits per heavy atom. The van der Waals surface area contributed by atoms with Gasteiger partial charge in [0.25, 0.3) is 5.91 Å². The van der Waals surface area contributed by atoms with Gasteiger partial charge in [-0.1, -0.05) is 5.92 Å². The lowest BCUT2D eigenvalue weighted by molar-refractivity contribution is -0.124. The van der Waals surface area contributed by atoms with Crippen LogP contribution in [-0.2, 0) is 4.79 Å². The van der Waals surface area contributed by atoms with Crippen molar-refractivity contribution in [1.82, 2.24) is 10.3 Å². The van der Waals surface area contributed by atoms with Crippen LogP contribution in [0.1, 0.15) is 5.56 Å². The maximum absolute atomic E-state index is 14.0. The van der Waals surface area contributed by atoms with Gasteiger partial charge in [0.15, 0.2) is 11.6 Å². The number of hydrogen-bond acceptors (Lipinski definition) is 4. The van der Waals surface area contributed by atoms with Crippen molar-refractivity contribution < 1.29 is 13.9 Å². The van der Waals surface area contributed by atoms with Gasteiger partial charge in [-0.05, 0) is 18.4 Å². The molecular formula is C15H13FN2O2S. The van der Waals surface area contributed by atoms with E-state index in [4.69, 9.17) is 11.2 Å². The zero-order valence-electron chi connectivity index (χ0n) is 11.5. The summed E-state index contributed by atoms with van der Waals surface area (Å²) in [6, 6.07) is 4.46. The molecule has 0 bridgehead atoms. The number of aromatic nitrogens is 1. The maximum Gasteiger partial charge on any atom is 0.271 e. The Bertz CT molecular complexity index is 727. The predicted molar refractivity (Wildman–Crippen MR) is 81.6 cm³/mol. The highest BCUT2D eigenvalue weighted by molar-refractivity contribution is 7.99. The highest BCUT2D eigenvalue weighted by Gasteiger charge is 2.19. The van der Waals surface area contributed by atoms with E-state index in [1.807, 2.05) is 0 Å². The van der Waals surface area contributed by atoms with E-state index < -0.39 is 11.3 Å². The summed E-state index contributed by atoms with van der Waals surface area (Å²) in [6.07, 6.45) is 8.52. The monoisotopic (exact) mass is 304 g/mol. The van der Waals surface area contributed by atoms with Crippen molar-refractivity contribution in [2.75, 3.05) is 13.3 Å². The minimum atomic E-state index is -0.828. The quantitative estimate of drug-likeness (QED) is 0.695. The first kappa shape index (κ1) is 15.1. The number of ether oxygens (including phenoxy) is 1. The number of amides is 1. The van der Waals surface area contributed by atoms with E-state index in [2.05, 4.69) is 16.2 Å². The van der Waals surface area contributed by atoms with Gasteiger partial charge >= 0.3 is 0 Å². The van der Waals surface area contributed by atoms with Crippen molar-refractivity contribution in [3.05, 3.63) is 35.8 Å².